The van der Waals surface area contributed by atoms with Gasteiger partial charge in [-0.2, -0.15) is 0 Å². The number of aromatic nitrogens is 1. The van der Waals surface area contributed by atoms with E-state index in [4.69, 9.17) is 0 Å². The van der Waals surface area contributed by atoms with E-state index in [0.29, 0.717) is 0 Å². The van der Waals surface area contributed by atoms with Crippen LogP contribution in [-0.4, -0.2) is 17.7 Å². The molecule has 0 bridgehead atoms. The maximum atomic E-state index is 10.8. The Morgan fingerprint density at radius 3 is 3.00 bits per heavy atom. The van der Waals surface area contributed by atoms with Gasteiger partial charge in [-0.05, 0) is 6.07 Å². The average Bonchev–Trinajstić information content (AvgIpc) is 2.20. The third-order valence-electron chi connectivity index (χ3n) is 1.82. The molecule has 4 heteroatoms. The highest BCUT2D eigenvalue weighted by molar-refractivity contribution is 5.69. The van der Waals surface area contributed by atoms with Crippen LogP contribution in [0, 0.1) is 0 Å². The first kappa shape index (κ1) is 7.79. The van der Waals surface area contributed by atoms with Crippen molar-refractivity contribution >= 4 is 11.9 Å². The smallest absolute Gasteiger partial charge is 0.248 e. The van der Waals surface area contributed by atoms with Crippen LogP contribution in [0.25, 0.3) is 0 Å². The molecule has 1 N–H and O–H groups in total. The molecule has 1 aliphatic rings. The van der Waals surface area contributed by atoms with E-state index in [0.717, 1.165) is 12.2 Å². The molecule has 4 nitrogen and oxygen atoms in total. The Kier molecular flexibility index (Phi) is 1.96. The fourth-order valence-corrected chi connectivity index (χ4v) is 1.15. The lowest BCUT2D eigenvalue weighted by molar-refractivity contribution is 1.08. The van der Waals surface area contributed by atoms with Crippen LogP contribution in [0.2, 0.25) is 0 Å². The summed E-state index contributed by atoms with van der Waals surface area (Å²) in [4.78, 5) is 19.3. The van der Waals surface area contributed by atoms with E-state index in [9.17, 15) is 4.79 Å². The molecule has 0 saturated heterocycles. The zero-order chi connectivity index (χ0) is 9.10. The Morgan fingerprint density at radius 1 is 1.46 bits per heavy atom. The molecule has 1 aromatic rings. The zero-order valence-corrected chi connectivity index (χ0v) is 6.97. The molecule has 0 amide bonds. The summed E-state index contributed by atoms with van der Waals surface area (Å²) in [5.41, 5.74) is 0.875. The second-order valence-electron chi connectivity index (χ2n) is 2.69. The van der Waals surface area contributed by atoms with Crippen LogP contribution < -0.4 is 10.5 Å². The Bertz CT molecular complexity index is 385. The summed E-state index contributed by atoms with van der Waals surface area (Å²) >= 11 is 0. The van der Waals surface area contributed by atoms with Crippen molar-refractivity contribution in [1.29, 1.82) is 0 Å². The number of aromatic amines is 1. The van der Waals surface area contributed by atoms with Crippen LogP contribution in [-0.2, 0) is 0 Å². The quantitative estimate of drug-likeness (QED) is 0.684. The molecule has 1 aromatic heterocycles. The summed E-state index contributed by atoms with van der Waals surface area (Å²) in [6.45, 7) is 0.739. The lowest BCUT2D eigenvalue weighted by atomic mass is 10.3. The van der Waals surface area contributed by atoms with Crippen molar-refractivity contribution in [2.45, 2.75) is 0 Å². The van der Waals surface area contributed by atoms with Crippen LogP contribution in [0.4, 0.5) is 5.69 Å². The fraction of sp³-hybridized carbons (Fsp3) is 0.111. The highest BCUT2D eigenvalue weighted by Gasteiger charge is 2.02. The largest absolute Gasteiger partial charge is 0.340 e. The van der Waals surface area contributed by atoms with Gasteiger partial charge in [-0.15, -0.1) is 0 Å². The lowest BCUT2D eigenvalue weighted by Crippen LogP contribution is -2.21. The SMILES string of the molecule is O=c1ccc(N2C=CN=CC2)c[nH]1. The van der Waals surface area contributed by atoms with E-state index >= 15 is 0 Å². The van der Waals surface area contributed by atoms with Crippen molar-refractivity contribution in [3.05, 3.63) is 41.1 Å². The Morgan fingerprint density at radius 2 is 2.38 bits per heavy atom. The van der Waals surface area contributed by atoms with E-state index in [2.05, 4.69) is 9.98 Å². The molecule has 2 rings (SSSR count). The number of aliphatic imine (C=N–C) groups is 1. The predicted molar refractivity (Wildman–Crippen MR) is 52.0 cm³/mol. The standard InChI is InChI=1S/C9H9N3O/c13-9-2-1-8(7-11-9)12-5-3-10-4-6-12/h1-5,7H,6H2,(H,11,13). The number of rotatable bonds is 1. The minimum absolute atomic E-state index is 0.0848. The molecule has 0 spiro atoms. The van der Waals surface area contributed by atoms with Crippen molar-refractivity contribution in [3.63, 3.8) is 0 Å². The van der Waals surface area contributed by atoms with Crippen molar-refractivity contribution in [2.75, 3.05) is 11.4 Å². The molecular formula is C9H9N3O. The Labute approximate surface area is 75.2 Å². The van der Waals surface area contributed by atoms with E-state index in [-0.39, 0.29) is 5.56 Å². The Hall–Kier alpha value is -1.84. The molecule has 0 fully saturated rings. The van der Waals surface area contributed by atoms with Crippen LogP contribution in [0.3, 0.4) is 0 Å². The first-order valence-corrected chi connectivity index (χ1v) is 4.00. The number of pyridine rings is 1. The molecule has 0 radical (unpaired) electrons. The molecule has 1 aliphatic heterocycles. The van der Waals surface area contributed by atoms with Gasteiger partial charge in [0.25, 0.3) is 0 Å². The first-order chi connectivity index (χ1) is 6.36. The molecule has 0 atom stereocenters. The molecule has 0 aromatic carbocycles. The van der Waals surface area contributed by atoms with Gasteiger partial charge in [0.1, 0.15) is 0 Å². The van der Waals surface area contributed by atoms with Gasteiger partial charge in [0.05, 0.1) is 12.2 Å². The average molecular weight is 175 g/mol. The van der Waals surface area contributed by atoms with Crippen molar-refractivity contribution in [1.82, 2.24) is 4.98 Å². The lowest BCUT2D eigenvalue weighted by Gasteiger charge is -2.18. The summed E-state index contributed by atoms with van der Waals surface area (Å²) in [6.07, 6.45) is 7.08. The van der Waals surface area contributed by atoms with Gasteiger partial charge in [0.15, 0.2) is 0 Å². The van der Waals surface area contributed by atoms with Gasteiger partial charge in [0.2, 0.25) is 5.56 Å². The summed E-state index contributed by atoms with van der Waals surface area (Å²) in [5.74, 6) is 0. The van der Waals surface area contributed by atoms with Crippen molar-refractivity contribution in [3.8, 4) is 0 Å². The maximum absolute atomic E-state index is 10.8. The molecule has 0 unspecified atom stereocenters. The highest BCUT2D eigenvalue weighted by atomic mass is 16.1. The van der Waals surface area contributed by atoms with E-state index in [1.54, 1.807) is 18.5 Å². The van der Waals surface area contributed by atoms with Gasteiger partial charge < -0.3 is 9.88 Å². The number of hydrogen-bond donors (Lipinski definition) is 1. The number of nitrogens with zero attached hydrogens (tertiary/aromatic N) is 2. The minimum atomic E-state index is -0.0848. The highest BCUT2D eigenvalue weighted by Crippen LogP contribution is 2.11. The van der Waals surface area contributed by atoms with Crippen molar-refractivity contribution < 1.29 is 0 Å². The van der Waals surface area contributed by atoms with Gasteiger partial charge >= 0.3 is 0 Å². The van der Waals surface area contributed by atoms with Gasteiger partial charge in [-0.25, -0.2) is 0 Å². The van der Waals surface area contributed by atoms with E-state index < -0.39 is 0 Å². The van der Waals surface area contributed by atoms with Crippen LogP contribution in [0.1, 0.15) is 0 Å². The molecular weight excluding hydrogens is 166 g/mol. The van der Waals surface area contributed by atoms with E-state index in [1.165, 1.54) is 6.07 Å². The second kappa shape index (κ2) is 3.26. The van der Waals surface area contributed by atoms with E-state index in [1.807, 2.05) is 17.3 Å². The summed E-state index contributed by atoms with van der Waals surface area (Å²) in [6, 6.07) is 3.29. The Balaban J connectivity index is 2.26. The molecule has 0 aliphatic carbocycles. The van der Waals surface area contributed by atoms with Crippen LogP contribution >= 0.6 is 0 Å². The minimum Gasteiger partial charge on any atom is -0.340 e. The number of H-pyrrole nitrogens is 1. The number of hydrogen-bond acceptors (Lipinski definition) is 3. The normalized spacial score (nSPS) is 14.9. The molecule has 0 saturated carbocycles. The molecule has 2 heterocycles. The topological polar surface area (TPSA) is 48.5 Å². The van der Waals surface area contributed by atoms with Gasteiger partial charge in [-0.3, -0.25) is 9.79 Å². The summed E-state index contributed by atoms with van der Waals surface area (Å²) < 4.78 is 0. The van der Waals surface area contributed by atoms with Crippen LogP contribution in [0.5, 0.6) is 0 Å². The summed E-state index contributed by atoms with van der Waals surface area (Å²) in [5, 5.41) is 0. The van der Waals surface area contributed by atoms with Gasteiger partial charge in [0, 0.05) is 30.9 Å². The van der Waals surface area contributed by atoms with Gasteiger partial charge in [-0.1, -0.05) is 0 Å². The second-order valence-corrected chi connectivity index (χ2v) is 2.69. The summed E-state index contributed by atoms with van der Waals surface area (Å²) in [7, 11) is 0. The third-order valence-corrected chi connectivity index (χ3v) is 1.82. The molecule has 13 heavy (non-hydrogen) atoms. The maximum Gasteiger partial charge on any atom is 0.248 e. The zero-order valence-electron chi connectivity index (χ0n) is 6.97. The number of nitrogens with one attached hydrogen (secondary N) is 1. The number of anilines is 1. The fourth-order valence-electron chi connectivity index (χ4n) is 1.15. The van der Waals surface area contributed by atoms with Crippen LogP contribution in [0.15, 0.2) is 40.5 Å². The first-order valence-electron chi connectivity index (χ1n) is 4.00. The molecule has 66 valence electrons. The monoisotopic (exact) mass is 175 g/mol. The third kappa shape index (κ3) is 1.66. The predicted octanol–water partition coefficient (Wildman–Crippen LogP) is 0.737. The van der Waals surface area contributed by atoms with Crippen molar-refractivity contribution in [2.24, 2.45) is 4.99 Å².